The first-order valence-electron chi connectivity index (χ1n) is 4.45. The average molecular weight is 266 g/mol. The minimum atomic E-state index is -0.918. The normalized spacial score (nSPS) is 11.1. The van der Waals surface area contributed by atoms with E-state index in [0.29, 0.717) is 26.2 Å². The molecule has 3 nitrogen and oxygen atoms in total. The van der Waals surface area contributed by atoms with E-state index in [0.717, 1.165) is 0 Å². The van der Waals surface area contributed by atoms with E-state index in [2.05, 4.69) is 6.92 Å². The summed E-state index contributed by atoms with van der Waals surface area (Å²) in [5, 5.41) is 0. The molecule has 0 bridgehead atoms. The van der Waals surface area contributed by atoms with Crippen LogP contribution < -0.4 is 0 Å². The van der Waals surface area contributed by atoms with Gasteiger partial charge < -0.3 is 21.1 Å². The molecular weight excluding hydrogens is 247 g/mol. The third kappa shape index (κ3) is 5.95. The first-order valence-corrected chi connectivity index (χ1v) is 4.45. The molecule has 0 heterocycles. The Morgan fingerprint density at radius 3 is 1.38 bits per heavy atom. The maximum atomic E-state index is 5.35. The smallest absolute Gasteiger partial charge is 0.253 e. The van der Waals surface area contributed by atoms with Gasteiger partial charge in [-0.15, -0.1) is 0 Å². The number of rotatable bonds is 7. The Bertz CT molecular complexity index is 92.0. The van der Waals surface area contributed by atoms with Crippen molar-refractivity contribution in [3.8, 4) is 0 Å². The van der Waals surface area contributed by atoms with Crippen LogP contribution in [-0.4, -0.2) is 25.8 Å². The fourth-order valence-corrected chi connectivity index (χ4v) is 1.00. The van der Waals surface area contributed by atoms with Crippen molar-refractivity contribution in [3.63, 3.8) is 0 Å². The van der Waals surface area contributed by atoms with E-state index in [1.54, 1.807) is 0 Å². The van der Waals surface area contributed by atoms with Crippen LogP contribution >= 0.6 is 0 Å². The van der Waals surface area contributed by atoms with Crippen LogP contribution in [0.3, 0.4) is 0 Å². The summed E-state index contributed by atoms with van der Waals surface area (Å²) in [6.45, 7) is 11.1. The summed E-state index contributed by atoms with van der Waals surface area (Å²) < 4.78 is 16.1. The van der Waals surface area contributed by atoms with Crippen molar-refractivity contribution in [2.75, 3.05) is 19.8 Å². The summed E-state index contributed by atoms with van der Waals surface area (Å²) in [5.74, 6) is -0.918. The molecule has 0 fully saturated rings. The second kappa shape index (κ2) is 9.32. The molecule has 0 N–H and O–H groups in total. The predicted molar refractivity (Wildman–Crippen MR) is 47.6 cm³/mol. The molecule has 0 saturated carbocycles. The summed E-state index contributed by atoms with van der Waals surface area (Å²) in [6, 6.07) is 0. The first-order chi connectivity index (χ1) is 5.74. The summed E-state index contributed by atoms with van der Waals surface area (Å²) >= 11 is 0. The van der Waals surface area contributed by atoms with Crippen LogP contribution in [0, 0.1) is 6.92 Å². The van der Waals surface area contributed by atoms with Crippen LogP contribution in [0.1, 0.15) is 27.2 Å². The second-order valence-corrected chi connectivity index (χ2v) is 2.23. The predicted octanol–water partition coefficient (Wildman–Crippen LogP) is 1.97. The molecule has 0 aromatic carbocycles. The second-order valence-electron chi connectivity index (χ2n) is 2.23. The van der Waals surface area contributed by atoms with Gasteiger partial charge in [0.25, 0.3) is 5.97 Å². The molecular formula is C9H19O3Zr-. The van der Waals surface area contributed by atoms with E-state index in [4.69, 9.17) is 14.2 Å². The van der Waals surface area contributed by atoms with Crippen molar-refractivity contribution in [2.45, 2.75) is 33.2 Å². The summed E-state index contributed by atoms with van der Waals surface area (Å²) in [5.41, 5.74) is 0. The number of hydrogen-bond donors (Lipinski definition) is 0. The minimum Gasteiger partial charge on any atom is -0.336 e. The van der Waals surface area contributed by atoms with E-state index < -0.39 is 5.97 Å². The van der Waals surface area contributed by atoms with Crippen molar-refractivity contribution in [1.82, 2.24) is 0 Å². The van der Waals surface area contributed by atoms with Gasteiger partial charge in [0.05, 0.1) is 0 Å². The average Bonchev–Trinajstić information content (AvgIpc) is 2.06. The molecule has 4 heteroatoms. The third-order valence-electron chi connectivity index (χ3n) is 1.40. The van der Waals surface area contributed by atoms with Crippen molar-refractivity contribution < 1.29 is 40.4 Å². The standard InChI is InChI=1S/C9H19O3.Zr/c1-5-9(10-6-2,11-7-3)12-8-4;/h1,5-8H2,2-4H3;/q-1;. The number of ether oxygens (including phenoxy) is 3. The molecule has 0 aliphatic rings. The van der Waals surface area contributed by atoms with Gasteiger partial charge in [-0.3, -0.25) is 0 Å². The summed E-state index contributed by atoms with van der Waals surface area (Å²) in [6.07, 6.45) is 0.461. The minimum absolute atomic E-state index is 0. The zero-order valence-electron chi connectivity index (χ0n) is 8.76. The van der Waals surface area contributed by atoms with Crippen LogP contribution in [0.5, 0.6) is 0 Å². The maximum absolute atomic E-state index is 5.35. The number of hydrogen-bond acceptors (Lipinski definition) is 3. The quantitative estimate of drug-likeness (QED) is 0.521. The summed E-state index contributed by atoms with van der Waals surface area (Å²) in [4.78, 5) is 0. The van der Waals surface area contributed by atoms with E-state index in [1.165, 1.54) is 0 Å². The molecule has 0 aliphatic carbocycles. The van der Waals surface area contributed by atoms with Crippen LogP contribution in [-0.2, 0) is 40.4 Å². The monoisotopic (exact) mass is 265 g/mol. The SMILES string of the molecule is [CH2-]CC(OCC)(OCC)OCC.[Zr]. The van der Waals surface area contributed by atoms with Crippen molar-refractivity contribution in [1.29, 1.82) is 0 Å². The fourth-order valence-electron chi connectivity index (χ4n) is 1.00. The van der Waals surface area contributed by atoms with E-state index in [1.807, 2.05) is 20.8 Å². The fraction of sp³-hybridized carbons (Fsp3) is 0.889. The first kappa shape index (κ1) is 16.2. The Balaban J connectivity index is 0. The van der Waals surface area contributed by atoms with Gasteiger partial charge in [-0.05, 0) is 20.8 Å². The third-order valence-corrected chi connectivity index (χ3v) is 1.40. The molecule has 0 aromatic rings. The molecule has 0 atom stereocenters. The molecule has 78 valence electrons. The molecule has 0 aliphatic heterocycles. The van der Waals surface area contributed by atoms with Crippen molar-refractivity contribution >= 4 is 0 Å². The molecule has 0 aromatic heterocycles. The van der Waals surface area contributed by atoms with Gasteiger partial charge in [-0.1, -0.05) is 6.42 Å². The van der Waals surface area contributed by atoms with Crippen molar-refractivity contribution in [3.05, 3.63) is 6.92 Å². The Morgan fingerprint density at radius 2 is 1.23 bits per heavy atom. The zero-order valence-corrected chi connectivity index (χ0v) is 11.2. The molecule has 13 heavy (non-hydrogen) atoms. The topological polar surface area (TPSA) is 27.7 Å². The largest absolute Gasteiger partial charge is 0.336 e. The summed E-state index contributed by atoms with van der Waals surface area (Å²) in [7, 11) is 0. The molecule has 0 spiro atoms. The van der Waals surface area contributed by atoms with Crippen LogP contribution in [0.25, 0.3) is 0 Å². The van der Waals surface area contributed by atoms with Gasteiger partial charge in [-0.25, -0.2) is 0 Å². The van der Waals surface area contributed by atoms with Gasteiger partial charge in [0.2, 0.25) is 0 Å². The molecule has 0 radical (unpaired) electrons. The van der Waals surface area contributed by atoms with Gasteiger partial charge in [0.1, 0.15) is 0 Å². The van der Waals surface area contributed by atoms with Crippen LogP contribution in [0.15, 0.2) is 0 Å². The van der Waals surface area contributed by atoms with Gasteiger partial charge in [-0.2, -0.15) is 0 Å². The van der Waals surface area contributed by atoms with E-state index in [9.17, 15) is 0 Å². The Kier molecular flexibility index (Phi) is 11.6. The van der Waals surface area contributed by atoms with Gasteiger partial charge in [0, 0.05) is 46.0 Å². The Labute approximate surface area is 100 Å². The Hall–Kier alpha value is 0.763. The zero-order chi connectivity index (χ0) is 9.45. The van der Waals surface area contributed by atoms with Crippen LogP contribution in [0.4, 0.5) is 0 Å². The molecule has 0 saturated heterocycles. The van der Waals surface area contributed by atoms with Gasteiger partial charge in [0.15, 0.2) is 0 Å². The molecule has 0 rings (SSSR count). The van der Waals surface area contributed by atoms with Crippen LogP contribution in [0.2, 0.25) is 0 Å². The van der Waals surface area contributed by atoms with E-state index >= 15 is 0 Å². The van der Waals surface area contributed by atoms with E-state index in [-0.39, 0.29) is 26.2 Å². The molecule has 0 amide bonds. The Morgan fingerprint density at radius 1 is 0.923 bits per heavy atom. The van der Waals surface area contributed by atoms with Gasteiger partial charge >= 0.3 is 0 Å². The van der Waals surface area contributed by atoms with Crippen molar-refractivity contribution in [2.24, 2.45) is 0 Å². The maximum Gasteiger partial charge on any atom is 0.253 e. The molecule has 0 unspecified atom stereocenters.